The highest BCUT2D eigenvalue weighted by molar-refractivity contribution is 7.93. The Bertz CT molecular complexity index is 955. The molecule has 0 bridgehead atoms. The van der Waals surface area contributed by atoms with Crippen LogP contribution in [0, 0.1) is 12.7 Å². The van der Waals surface area contributed by atoms with Gasteiger partial charge in [0.25, 0.3) is 10.0 Å². The van der Waals surface area contributed by atoms with Crippen molar-refractivity contribution >= 4 is 26.6 Å². The molecule has 112 valence electrons. The molecule has 0 fully saturated rings. The van der Waals surface area contributed by atoms with Crippen molar-refractivity contribution in [1.29, 1.82) is 0 Å². The molecule has 1 heterocycles. The van der Waals surface area contributed by atoms with Gasteiger partial charge in [0, 0.05) is 11.6 Å². The van der Waals surface area contributed by atoms with E-state index in [4.69, 9.17) is 0 Å². The van der Waals surface area contributed by atoms with Crippen molar-refractivity contribution in [3.8, 4) is 0 Å². The van der Waals surface area contributed by atoms with Gasteiger partial charge in [0.1, 0.15) is 10.7 Å². The quantitative estimate of drug-likeness (QED) is 0.805. The fourth-order valence-corrected chi connectivity index (χ4v) is 3.45. The number of para-hydroxylation sites is 1. The van der Waals surface area contributed by atoms with Crippen molar-refractivity contribution < 1.29 is 12.8 Å². The van der Waals surface area contributed by atoms with Gasteiger partial charge in [-0.05, 0) is 42.8 Å². The molecule has 0 saturated heterocycles. The summed E-state index contributed by atoms with van der Waals surface area (Å²) in [7, 11) is -3.85. The molecule has 0 atom stereocenters. The topological polar surface area (TPSA) is 59.1 Å². The normalized spacial score (nSPS) is 11.5. The molecule has 0 unspecified atom stereocenters. The van der Waals surface area contributed by atoms with Crippen molar-refractivity contribution in [2.24, 2.45) is 0 Å². The molecule has 0 spiro atoms. The van der Waals surface area contributed by atoms with E-state index in [1.54, 1.807) is 18.3 Å². The van der Waals surface area contributed by atoms with Crippen LogP contribution in [-0.4, -0.2) is 13.4 Å². The summed E-state index contributed by atoms with van der Waals surface area (Å²) in [6.07, 6.45) is 1.61. The summed E-state index contributed by atoms with van der Waals surface area (Å²) in [6.45, 7) is 1.89. The van der Waals surface area contributed by atoms with Gasteiger partial charge in [0.05, 0.1) is 11.2 Å². The standard InChI is InChI=1S/C16H13FN2O2S/c1-11-8-12-4-2-7-15(16(12)18-10-11)22(20,21)19-14-6-3-5-13(17)9-14/h2-10,19H,1H3. The number of benzene rings is 2. The maximum absolute atomic E-state index is 13.2. The summed E-state index contributed by atoms with van der Waals surface area (Å²) in [6, 6.07) is 12.1. The molecule has 0 saturated carbocycles. The molecule has 0 radical (unpaired) electrons. The lowest BCUT2D eigenvalue weighted by molar-refractivity contribution is 0.601. The lowest BCUT2D eigenvalue weighted by Gasteiger charge is -2.10. The molecule has 0 aliphatic rings. The Hall–Kier alpha value is -2.47. The molecule has 0 amide bonds. The summed E-state index contributed by atoms with van der Waals surface area (Å²) in [5.41, 5.74) is 1.50. The summed E-state index contributed by atoms with van der Waals surface area (Å²) < 4.78 is 40.6. The molecule has 22 heavy (non-hydrogen) atoms. The van der Waals surface area contributed by atoms with Crippen LogP contribution in [0.15, 0.2) is 59.6 Å². The molecule has 2 aromatic carbocycles. The van der Waals surface area contributed by atoms with Crippen LogP contribution in [-0.2, 0) is 10.0 Å². The monoisotopic (exact) mass is 316 g/mol. The fourth-order valence-electron chi connectivity index (χ4n) is 2.22. The molecule has 1 N–H and O–H groups in total. The molecule has 1 aromatic heterocycles. The van der Waals surface area contributed by atoms with Gasteiger partial charge in [0.2, 0.25) is 0 Å². The molecule has 4 nitrogen and oxygen atoms in total. The minimum Gasteiger partial charge on any atom is -0.279 e. The van der Waals surface area contributed by atoms with E-state index in [1.807, 2.05) is 13.0 Å². The first-order valence-electron chi connectivity index (χ1n) is 6.59. The van der Waals surface area contributed by atoms with Crippen molar-refractivity contribution in [1.82, 2.24) is 4.98 Å². The predicted octanol–water partition coefficient (Wildman–Crippen LogP) is 3.48. The number of hydrogen-bond donors (Lipinski definition) is 1. The molecule has 6 heteroatoms. The van der Waals surface area contributed by atoms with Crippen LogP contribution < -0.4 is 4.72 Å². The molecular formula is C16H13FN2O2S. The van der Waals surface area contributed by atoms with E-state index >= 15 is 0 Å². The van der Waals surface area contributed by atoms with Gasteiger partial charge in [0.15, 0.2) is 0 Å². The number of aryl methyl sites for hydroxylation is 1. The van der Waals surface area contributed by atoms with Crippen LogP contribution in [0.25, 0.3) is 10.9 Å². The Balaban J connectivity index is 2.09. The first kappa shape index (κ1) is 14.5. The fraction of sp³-hybridized carbons (Fsp3) is 0.0625. The number of rotatable bonds is 3. The van der Waals surface area contributed by atoms with E-state index < -0.39 is 15.8 Å². The number of hydrogen-bond acceptors (Lipinski definition) is 3. The van der Waals surface area contributed by atoms with Gasteiger partial charge in [-0.1, -0.05) is 18.2 Å². The maximum atomic E-state index is 13.2. The number of anilines is 1. The minimum atomic E-state index is -3.85. The van der Waals surface area contributed by atoms with Gasteiger partial charge in [-0.25, -0.2) is 12.8 Å². The van der Waals surface area contributed by atoms with Crippen molar-refractivity contribution in [2.75, 3.05) is 4.72 Å². The van der Waals surface area contributed by atoms with Crippen LogP contribution >= 0.6 is 0 Å². The lowest BCUT2D eigenvalue weighted by Crippen LogP contribution is -2.13. The van der Waals surface area contributed by atoms with Crippen LogP contribution in [0.5, 0.6) is 0 Å². The average molecular weight is 316 g/mol. The zero-order chi connectivity index (χ0) is 15.7. The van der Waals surface area contributed by atoms with Crippen LogP contribution in [0.3, 0.4) is 0 Å². The number of fused-ring (bicyclic) bond motifs is 1. The Morgan fingerprint density at radius 2 is 1.86 bits per heavy atom. The number of nitrogens with one attached hydrogen (secondary N) is 1. The zero-order valence-electron chi connectivity index (χ0n) is 11.7. The minimum absolute atomic E-state index is 0.0641. The van der Waals surface area contributed by atoms with Gasteiger partial charge in [-0.3, -0.25) is 9.71 Å². The van der Waals surface area contributed by atoms with Crippen LogP contribution in [0.4, 0.5) is 10.1 Å². The second kappa shape index (κ2) is 5.38. The Morgan fingerprint density at radius 3 is 2.64 bits per heavy atom. The van der Waals surface area contributed by atoms with Crippen molar-refractivity contribution in [3.05, 3.63) is 66.1 Å². The Morgan fingerprint density at radius 1 is 1.09 bits per heavy atom. The summed E-state index contributed by atoms with van der Waals surface area (Å²) >= 11 is 0. The SMILES string of the molecule is Cc1cnc2c(S(=O)(=O)Nc3cccc(F)c3)cccc2c1. The number of sulfonamides is 1. The molecule has 0 aliphatic heterocycles. The van der Waals surface area contributed by atoms with E-state index in [1.165, 1.54) is 24.3 Å². The Labute approximate surface area is 127 Å². The Kier molecular flexibility index (Phi) is 3.54. The smallest absolute Gasteiger partial charge is 0.264 e. The highest BCUT2D eigenvalue weighted by atomic mass is 32.2. The van der Waals surface area contributed by atoms with Gasteiger partial charge >= 0.3 is 0 Å². The second-order valence-electron chi connectivity index (χ2n) is 4.96. The van der Waals surface area contributed by atoms with Gasteiger partial charge in [-0.15, -0.1) is 0 Å². The second-order valence-corrected chi connectivity index (χ2v) is 6.61. The van der Waals surface area contributed by atoms with E-state index in [0.717, 1.165) is 17.0 Å². The number of aromatic nitrogens is 1. The van der Waals surface area contributed by atoms with E-state index in [-0.39, 0.29) is 10.6 Å². The zero-order valence-corrected chi connectivity index (χ0v) is 12.6. The summed E-state index contributed by atoms with van der Waals surface area (Å²) in [5.74, 6) is -0.508. The van der Waals surface area contributed by atoms with Gasteiger partial charge in [-0.2, -0.15) is 0 Å². The lowest BCUT2D eigenvalue weighted by atomic mass is 10.2. The average Bonchev–Trinajstić information content (AvgIpc) is 2.45. The molecule has 0 aliphatic carbocycles. The molecular weight excluding hydrogens is 303 g/mol. The third-order valence-electron chi connectivity index (χ3n) is 3.18. The third kappa shape index (κ3) is 2.78. The number of nitrogens with zero attached hydrogens (tertiary/aromatic N) is 1. The number of halogens is 1. The highest BCUT2D eigenvalue weighted by Gasteiger charge is 2.18. The van der Waals surface area contributed by atoms with E-state index in [0.29, 0.717) is 5.52 Å². The van der Waals surface area contributed by atoms with E-state index in [9.17, 15) is 12.8 Å². The third-order valence-corrected chi connectivity index (χ3v) is 4.59. The van der Waals surface area contributed by atoms with Crippen LogP contribution in [0.2, 0.25) is 0 Å². The van der Waals surface area contributed by atoms with Crippen molar-refractivity contribution in [2.45, 2.75) is 11.8 Å². The molecule has 3 rings (SSSR count). The number of pyridine rings is 1. The van der Waals surface area contributed by atoms with Crippen molar-refractivity contribution in [3.63, 3.8) is 0 Å². The largest absolute Gasteiger partial charge is 0.279 e. The predicted molar refractivity (Wildman–Crippen MR) is 83.7 cm³/mol. The highest BCUT2D eigenvalue weighted by Crippen LogP contribution is 2.24. The first-order valence-corrected chi connectivity index (χ1v) is 8.08. The molecule has 3 aromatic rings. The first-order chi connectivity index (χ1) is 10.5. The van der Waals surface area contributed by atoms with Gasteiger partial charge < -0.3 is 0 Å². The summed E-state index contributed by atoms with van der Waals surface area (Å²) in [4.78, 5) is 4.28. The van der Waals surface area contributed by atoms with Crippen LogP contribution in [0.1, 0.15) is 5.56 Å². The van der Waals surface area contributed by atoms with E-state index in [2.05, 4.69) is 9.71 Å². The summed E-state index contributed by atoms with van der Waals surface area (Å²) in [5, 5.41) is 0.738. The maximum Gasteiger partial charge on any atom is 0.264 e.